The molecule has 0 heterocycles. The summed E-state index contributed by atoms with van der Waals surface area (Å²) in [6.45, 7) is 9.99. The molecule has 2 aliphatic carbocycles. The van der Waals surface area contributed by atoms with Crippen LogP contribution in [0.2, 0.25) is 0 Å². The zero-order valence-corrected chi connectivity index (χ0v) is 14.2. The first-order valence-corrected chi connectivity index (χ1v) is 8.42. The number of carbonyl (C=O) groups is 1. The van der Waals surface area contributed by atoms with E-state index in [-0.39, 0.29) is 11.3 Å². The summed E-state index contributed by atoms with van der Waals surface area (Å²) < 4.78 is 0. The third-order valence-corrected chi connectivity index (χ3v) is 6.40. The molecule has 3 nitrogen and oxygen atoms in total. The van der Waals surface area contributed by atoms with Gasteiger partial charge in [-0.3, -0.25) is 4.79 Å². The van der Waals surface area contributed by atoms with Crippen molar-refractivity contribution in [3.63, 3.8) is 0 Å². The van der Waals surface area contributed by atoms with Crippen molar-refractivity contribution in [2.75, 3.05) is 0 Å². The first kappa shape index (κ1) is 16.3. The van der Waals surface area contributed by atoms with Crippen LogP contribution in [0, 0.1) is 11.3 Å². The molecular formula is C20H26O3. The number of allylic oxidation sites excluding steroid dienone is 1. The zero-order valence-electron chi connectivity index (χ0n) is 14.2. The first-order valence-electron chi connectivity index (χ1n) is 8.42. The van der Waals surface area contributed by atoms with Gasteiger partial charge in [0.25, 0.3) is 0 Å². The van der Waals surface area contributed by atoms with Gasteiger partial charge in [0.1, 0.15) is 0 Å². The Bertz CT molecular complexity index is 677. The summed E-state index contributed by atoms with van der Waals surface area (Å²) in [7, 11) is 0. The maximum atomic E-state index is 11.9. The third kappa shape index (κ3) is 2.25. The van der Waals surface area contributed by atoms with Crippen molar-refractivity contribution < 1.29 is 15.0 Å². The number of aliphatic carboxylic acids is 1. The van der Waals surface area contributed by atoms with Gasteiger partial charge in [-0.25, -0.2) is 0 Å². The van der Waals surface area contributed by atoms with Gasteiger partial charge in [0.05, 0.1) is 11.5 Å². The fourth-order valence-electron chi connectivity index (χ4n) is 4.95. The lowest BCUT2D eigenvalue weighted by molar-refractivity contribution is -0.159. The van der Waals surface area contributed by atoms with Gasteiger partial charge >= 0.3 is 5.97 Å². The average molecular weight is 314 g/mol. The molecule has 3 heteroatoms. The highest BCUT2D eigenvalue weighted by Crippen LogP contribution is 2.59. The minimum atomic E-state index is -0.765. The molecule has 3 rings (SSSR count). The van der Waals surface area contributed by atoms with Crippen LogP contribution in [0.4, 0.5) is 0 Å². The molecule has 0 saturated heterocycles. The number of carboxylic acid groups (broad SMARTS) is 1. The first-order chi connectivity index (χ1) is 10.7. The standard InChI is InChI=1S/C20H26O3/c1-12(2)13-6-7-15-14(10-13)16(21)11-17-19(15,3)8-5-9-20(17,4)18(22)23/h6-7,10,16-17,21H,1,5,8-9,11H2,2-4H3,(H,22,23)/t16-,17-,19-,20+/m1/s1. The molecule has 0 bridgehead atoms. The van der Waals surface area contributed by atoms with Crippen molar-refractivity contribution in [3.05, 3.63) is 41.5 Å². The SMILES string of the molecule is C=C(C)c1ccc2c(c1)[C@H](O)C[C@H]1[C@@](C)(C(=O)O)CCC[C@]21C. The molecule has 0 radical (unpaired) electrons. The van der Waals surface area contributed by atoms with Gasteiger partial charge in [-0.15, -0.1) is 0 Å². The number of aliphatic hydroxyl groups excluding tert-OH is 1. The second-order valence-corrected chi connectivity index (χ2v) is 7.88. The van der Waals surface area contributed by atoms with Gasteiger partial charge in [-0.05, 0) is 67.2 Å². The fourth-order valence-corrected chi connectivity index (χ4v) is 4.95. The Hall–Kier alpha value is -1.61. The predicted octanol–water partition coefficient (Wildman–Crippen LogP) is 4.31. The van der Waals surface area contributed by atoms with E-state index >= 15 is 0 Å². The van der Waals surface area contributed by atoms with Crippen LogP contribution >= 0.6 is 0 Å². The highest BCUT2D eigenvalue weighted by Gasteiger charge is 2.56. The maximum Gasteiger partial charge on any atom is 0.309 e. The van der Waals surface area contributed by atoms with Gasteiger partial charge in [0.15, 0.2) is 0 Å². The molecule has 4 atom stereocenters. The van der Waals surface area contributed by atoms with Crippen LogP contribution < -0.4 is 0 Å². The molecule has 2 N–H and O–H groups in total. The van der Waals surface area contributed by atoms with Gasteiger partial charge in [-0.2, -0.15) is 0 Å². The molecule has 2 aliphatic rings. The number of hydrogen-bond donors (Lipinski definition) is 2. The van der Waals surface area contributed by atoms with Crippen LogP contribution in [0.15, 0.2) is 24.8 Å². The molecule has 0 amide bonds. The molecule has 1 aromatic carbocycles. The molecule has 0 aromatic heterocycles. The monoisotopic (exact) mass is 314 g/mol. The molecule has 0 spiro atoms. The highest BCUT2D eigenvalue weighted by molar-refractivity contribution is 5.75. The minimum absolute atomic E-state index is 0.0422. The molecular weight excluding hydrogens is 288 g/mol. The second kappa shape index (κ2) is 5.20. The summed E-state index contributed by atoms with van der Waals surface area (Å²) in [5.41, 5.74) is 3.15. The molecule has 1 aromatic rings. The topological polar surface area (TPSA) is 57.5 Å². The lowest BCUT2D eigenvalue weighted by Crippen LogP contribution is -2.53. The van der Waals surface area contributed by atoms with Gasteiger partial charge in [0, 0.05) is 0 Å². The molecule has 23 heavy (non-hydrogen) atoms. The normalized spacial score (nSPS) is 36.0. The van der Waals surface area contributed by atoms with Gasteiger partial charge in [-0.1, -0.05) is 37.6 Å². The third-order valence-electron chi connectivity index (χ3n) is 6.40. The van der Waals surface area contributed by atoms with Gasteiger partial charge in [0.2, 0.25) is 0 Å². The van der Waals surface area contributed by atoms with E-state index in [1.165, 1.54) is 0 Å². The Morgan fingerprint density at radius 2 is 2.00 bits per heavy atom. The summed E-state index contributed by atoms with van der Waals surface area (Å²) in [6.07, 6.45) is 2.50. The van der Waals surface area contributed by atoms with Crippen LogP contribution in [0.3, 0.4) is 0 Å². The van der Waals surface area contributed by atoms with Crippen LogP contribution in [-0.4, -0.2) is 16.2 Å². The number of fused-ring (bicyclic) bond motifs is 3. The van der Waals surface area contributed by atoms with Crippen molar-refractivity contribution in [2.45, 2.75) is 58.0 Å². The second-order valence-electron chi connectivity index (χ2n) is 7.88. The largest absolute Gasteiger partial charge is 0.481 e. The summed E-state index contributed by atoms with van der Waals surface area (Å²) in [4.78, 5) is 11.9. The van der Waals surface area contributed by atoms with E-state index in [9.17, 15) is 15.0 Å². The Morgan fingerprint density at radius 1 is 1.30 bits per heavy atom. The van der Waals surface area contributed by atoms with E-state index in [4.69, 9.17) is 0 Å². The van der Waals surface area contributed by atoms with E-state index in [0.717, 1.165) is 35.1 Å². The van der Waals surface area contributed by atoms with Crippen molar-refractivity contribution in [3.8, 4) is 0 Å². The average Bonchev–Trinajstić information content (AvgIpc) is 2.49. The number of benzene rings is 1. The van der Waals surface area contributed by atoms with Crippen LogP contribution in [0.5, 0.6) is 0 Å². The Labute approximate surface area is 138 Å². The molecule has 0 unspecified atom stereocenters. The molecule has 1 saturated carbocycles. The molecule has 124 valence electrons. The van der Waals surface area contributed by atoms with E-state index in [1.54, 1.807) is 0 Å². The lowest BCUT2D eigenvalue weighted by Gasteiger charge is -2.54. The lowest BCUT2D eigenvalue weighted by atomic mass is 9.49. The van der Waals surface area contributed by atoms with Crippen LogP contribution in [0.1, 0.15) is 69.2 Å². The summed E-state index contributed by atoms with van der Waals surface area (Å²) in [5, 5.41) is 20.5. The number of hydrogen-bond acceptors (Lipinski definition) is 2. The Morgan fingerprint density at radius 3 is 2.61 bits per heavy atom. The molecule has 0 aliphatic heterocycles. The maximum absolute atomic E-state index is 11.9. The predicted molar refractivity (Wildman–Crippen MR) is 91.2 cm³/mol. The summed E-state index contributed by atoms with van der Waals surface area (Å²) >= 11 is 0. The van der Waals surface area contributed by atoms with E-state index in [1.807, 2.05) is 26.0 Å². The van der Waals surface area contributed by atoms with Crippen molar-refractivity contribution in [2.24, 2.45) is 11.3 Å². The molecule has 1 fully saturated rings. The number of carboxylic acids is 1. The van der Waals surface area contributed by atoms with E-state index in [0.29, 0.717) is 12.8 Å². The minimum Gasteiger partial charge on any atom is -0.481 e. The fraction of sp³-hybridized carbons (Fsp3) is 0.550. The Balaban J connectivity index is 2.16. The Kier molecular flexibility index (Phi) is 3.68. The summed E-state index contributed by atoms with van der Waals surface area (Å²) in [6, 6.07) is 6.17. The number of aliphatic hydroxyl groups is 1. The van der Waals surface area contributed by atoms with Crippen molar-refractivity contribution >= 4 is 11.5 Å². The quantitative estimate of drug-likeness (QED) is 0.855. The van der Waals surface area contributed by atoms with Crippen molar-refractivity contribution in [1.82, 2.24) is 0 Å². The van der Waals surface area contributed by atoms with Crippen LogP contribution in [-0.2, 0) is 10.2 Å². The van der Waals surface area contributed by atoms with Crippen molar-refractivity contribution in [1.29, 1.82) is 0 Å². The number of rotatable bonds is 2. The van der Waals surface area contributed by atoms with E-state index < -0.39 is 17.5 Å². The highest BCUT2D eigenvalue weighted by atomic mass is 16.4. The van der Waals surface area contributed by atoms with Crippen LogP contribution in [0.25, 0.3) is 5.57 Å². The zero-order chi connectivity index (χ0) is 17.0. The van der Waals surface area contributed by atoms with Gasteiger partial charge < -0.3 is 10.2 Å². The van der Waals surface area contributed by atoms with E-state index in [2.05, 4.69) is 19.6 Å². The summed E-state index contributed by atoms with van der Waals surface area (Å²) in [5.74, 6) is -0.776. The smallest absolute Gasteiger partial charge is 0.309 e.